The second-order valence-corrected chi connectivity index (χ2v) is 8.12. The van der Waals surface area contributed by atoms with E-state index in [2.05, 4.69) is 0 Å². The minimum atomic E-state index is -3.93. The zero-order chi connectivity index (χ0) is 14.8. The van der Waals surface area contributed by atoms with Crippen molar-refractivity contribution in [1.29, 1.82) is 0 Å². The Hall–Kier alpha value is -0.630. The van der Waals surface area contributed by atoms with Gasteiger partial charge in [-0.25, -0.2) is 13.1 Å². The largest absolute Gasteiger partial charge is 0.320 e. The van der Waals surface area contributed by atoms with Crippen LogP contribution in [-0.4, -0.2) is 20.4 Å². The van der Waals surface area contributed by atoms with E-state index in [1.165, 1.54) is 6.07 Å². The number of carbonyl (C=O) groups is 1. The smallest absolute Gasteiger partial charge is 0.266 e. The molecule has 1 heterocycles. The number of carbonyl (C=O) groups excluding carboxylic acids is 1. The summed E-state index contributed by atoms with van der Waals surface area (Å²) in [6, 6.07) is 0.580. The van der Waals surface area contributed by atoms with E-state index in [-0.39, 0.29) is 15.1 Å². The summed E-state index contributed by atoms with van der Waals surface area (Å²) in [5.41, 5.74) is 5.88. The fraction of sp³-hybridized carbons (Fsp3) is 0.583. The van der Waals surface area contributed by atoms with E-state index in [4.69, 9.17) is 17.3 Å². The number of nitrogens with two attached hydrogens (primary N) is 1. The first-order chi connectivity index (χ1) is 9.42. The van der Waals surface area contributed by atoms with Gasteiger partial charge in [0.25, 0.3) is 15.9 Å². The van der Waals surface area contributed by atoms with Crippen LogP contribution < -0.4 is 10.5 Å². The summed E-state index contributed by atoms with van der Waals surface area (Å²) in [4.78, 5) is 11.9. The predicted molar refractivity (Wildman–Crippen MR) is 79.2 cm³/mol. The Balaban J connectivity index is 2.05. The molecular weight excluding hydrogens is 320 g/mol. The van der Waals surface area contributed by atoms with Crippen LogP contribution in [0.3, 0.4) is 0 Å². The van der Waals surface area contributed by atoms with Crippen LogP contribution in [0.1, 0.15) is 32.1 Å². The zero-order valence-electron chi connectivity index (χ0n) is 10.8. The third-order valence-electron chi connectivity index (χ3n) is 3.57. The van der Waals surface area contributed by atoms with Crippen LogP contribution in [0.5, 0.6) is 0 Å². The van der Waals surface area contributed by atoms with Gasteiger partial charge in [0.2, 0.25) is 0 Å². The van der Waals surface area contributed by atoms with Crippen molar-refractivity contribution in [1.82, 2.24) is 4.72 Å². The highest BCUT2D eigenvalue weighted by Gasteiger charge is 2.30. The quantitative estimate of drug-likeness (QED) is 0.881. The summed E-state index contributed by atoms with van der Waals surface area (Å²) >= 11 is 6.89. The van der Waals surface area contributed by atoms with Gasteiger partial charge < -0.3 is 5.73 Å². The maximum Gasteiger partial charge on any atom is 0.266 e. The predicted octanol–water partition coefficient (Wildman–Crippen LogP) is 2.11. The lowest BCUT2D eigenvalue weighted by molar-refractivity contribution is -0.122. The highest BCUT2D eigenvalue weighted by atomic mass is 35.5. The molecule has 1 atom stereocenters. The molecule has 1 fully saturated rings. The van der Waals surface area contributed by atoms with E-state index in [1.807, 2.05) is 4.72 Å². The lowest BCUT2D eigenvalue weighted by Gasteiger charge is -2.26. The molecule has 2 rings (SSSR count). The average Bonchev–Trinajstić information content (AvgIpc) is 2.85. The van der Waals surface area contributed by atoms with Crippen LogP contribution in [0, 0.1) is 5.92 Å². The maximum atomic E-state index is 12.0. The molecule has 0 unspecified atom stereocenters. The lowest BCUT2D eigenvalue weighted by Crippen LogP contribution is -2.47. The maximum absolute atomic E-state index is 12.0. The van der Waals surface area contributed by atoms with Gasteiger partial charge in [0.1, 0.15) is 9.23 Å². The topological polar surface area (TPSA) is 89.3 Å². The van der Waals surface area contributed by atoms with Crippen LogP contribution in [0.2, 0.25) is 4.34 Å². The summed E-state index contributed by atoms with van der Waals surface area (Å²) in [7, 11) is -3.93. The molecule has 0 radical (unpaired) electrons. The van der Waals surface area contributed by atoms with E-state index >= 15 is 0 Å². The van der Waals surface area contributed by atoms with Gasteiger partial charge >= 0.3 is 0 Å². The Morgan fingerprint density at radius 2 is 2.05 bits per heavy atom. The second kappa shape index (κ2) is 6.43. The molecule has 0 aromatic carbocycles. The highest BCUT2D eigenvalue weighted by molar-refractivity contribution is 7.90. The van der Waals surface area contributed by atoms with E-state index in [9.17, 15) is 13.2 Å². The number of halogens is 1. The number of hydrogen-bond acceptors (Lipinski definition) is 5. The molecule has 1 aliphatic carbocycles. The molecule has 1 aromatic heterocycles. The van der Waals surface area contributed by atoms with E-state index in [0.29, 0.717) is 0 Å². The molecule has 0 aliphatic heterocycles. The Labute approximate surface area is 127 Å². The second-order valence-electron chi connectivity index (χ2n) is 4.95. The van der Waals surface area contributed by atoms with Crippen LogP contribution >= 0.6 is 22.9 Å². The van der Waals surface area contributed by atoms with E-state index in [0.717, 1.165) is 43.4 Å². The minimum absolute atomic E-state index is 0.0527. The van der Waals surface area contributed by atoms with Crippen molar-refractivity contribution >= 4 is 38.9 Å². The van der Waals surface area contributed by atoms with Crippen molar-refractivity contribution in [2.24, 2.45) is 11.7 Å². The molecular formula is C12H17ClN2O3S2. The van der Waals surface area contributed by atoms with Gasteiger partial charge in [-0.2, -0.15) is 0 Å². The normalized spacial score (nSPS) is 18.7. The molecule has 112 valence electrons. The molecule has 1 saturated carbocycles. The average molecular weight is 337 g/mol. The van der Waals surface area contributed by atoms with Crippen molar-refractivity contribution in [3.05, 3.63) is 15.8 Å². The van der Waals surface area contributed by atoms with Gasteiger partial charge in [-0.15, -0.1) is 11.3 Å². The van der Waals surface area contributed by atoms with Gasteiger partial charge in [0.15, 0.2) is 0 Å². The molecule has 8 heteroatoms. The van der Waals surface area contributed by atoms with Gasteiger partial charge in [-0.3, -0.25) is 4.79 Å². The molecule has 0 bridgehead atoms. The number of thiophene rings is 1. The van der Waals surface area contributed by atoms with Crippen LogP contribution in [-0.2, 0) is 14.8 Å². The van der Waals surface area contributed by atoms with Crippen molar-refractivity contribution in [3.63, 3.8) is 0 Å². The standard InChI is InChI=1S/C12H17ClN2O3S2/c13-11-9(6-7-19-11)20(17,18)15-12(16)10(14)8-4-2-1-3-5-8/h6-8,10H,1-5,14H2,(H,15,16)/t10-/m1/s1. The van der Waals surface area contributed by atoms with Crippen LogP contribution in [0.25, 0.3) is 0 Å². The molecule has 20 heavy (non-hydrogen) atoms. The third kappa shape index (κ3) is 3.52. The molecule has 0 saturated heterocycles. The van der Waals surface area contributed by atoms with Gasteiger partial charge in [0, 0.05) is 0 Å². The zero-order valence-corrected chi connectivity index (χ0v) is 13.2. The molecule has 1 aromatic rings. The third-order valence-corrected chi connectivity index (χ3v) is 6.37. The molecule has 1 aliphatic rings. The molecule has 1 amide bonds. The number of amides is 1. The number of rotatable bonds is 4. The first kappa shape index (κ1) is 15.8. The Kier molecular flexibility index (Phi) is 5.06. The van der Waals surface area contributed by atoms with Crippen molar-refractivity contribution in [2.75, 3.05) is 0 Å². The molecule has 0 spiro atoms. The van der Waals surface area contributed by atoms with E-state index < -0.39 is 22.0 Å². The van der Waals surface area contributed by atoms with E-state index in [1.54, 1.807) is 5.38 Å². The van der Waals surface area contributed by atoms with Crippen LogP contribution in [0.15, 0.2) is 16.3 Å². The van der Waals surface area contributed by atoms with Gasteiger partial charge in [-0.05, 0) is 30.2 Å². The highest BCUT2D eigenvalue weighted by Crippen LogP contribution is 2.28. The minimum Gasteiger partial charge on any atom is -0.320 e. The summed E-state index contributed by atoms with van der Waals surface area (Å²) < 4.78 is 26.3. The molecule has 5 nitrogen and oxygen atoms in total. The Morgan fingerprint density at radius 1 is 1.40 bits per heavy atom. The van der Waals surface area contributed by atoms with Gasteiger partial charge in [0.05, 0.1) is 6.04 Å². The molecule has 3 N–H and O–H groups in total. The first-order valence-electron chi connectivity index (χ1n) is 6.47. The van der Waals surface area contributed by atoms with Crippen molar-refractivity contribution in [3.8, 4) is 0 Å². The van der Waals surface area contributed by atoms with Crippen molar-refractivity contribution < 1.29 is 13.2 Å². The van der Waals surface area contributed by atoms with Crippen molar-refractivity contribution in [2.45, 2.75) is 43.0 Å². The van der Waals surface area contributed by atoms with Crippen LogP contribution in [0.4, 0.5) is 0 Å². The lowest BCUT2D eigenvalue weighted by atomic mass is 9.84. The Morgan fingerprint density at radius 3 is 2.60 bits per heavy atom. The fourth-order valence-corrected chi connectivity index (χ4v) is 5.00. The summed E-state index contributed by atoms with van der Waals surface area (Å²) in [6.07, 6.45) is 4.96. The first-order valence-corrected chi connectivity index (χ1v) is 9.21. The summed E-state index contributed by atoms with van der Waals surface area (Å²) in [5.74, 6) is -0.601. The summed E-state index contributed by atoms with van der Waals surface area (Å²) in [6.45, 7) is 0. The fourth-order valence-electron chi connectivity index (χ4n) is 2.44. The number of hydrogen-bond donors (Lipinski definition) is 2. The number of sulfonamides is 1. The Bertz CT molecular complexity index is 579. The SMILES string of the molecule is N[C@@H](C(=O)NS(=O)(=O)c1ccsc1Cl)C1CCCCC1. The summed E-state index contributed by atoms with van der Waals surface area (Å²) in [5, 5.41) is 1.56. The number of nitrogens with one attached hydrogen (secondary N) is 1. The van der Waals surface area contributed by atoms with Gasteiger partial charge in [-0.1, -0.05) is 30.9 Å². The monoisotopic (exact) mass is 336 g/mol.